The van der Waals surface area contributed by atoms with Gasteiger partial charge in [-0.05, 0) is 24.6 Å². The fourth-order valence-electron chi connectivity index (χ4n) is 4.21. The average molecular weight is 471 g/mol. The lowest BCUT2D eigenvalue weighted by molar-refractivity contribution is 0.319. The number of hydrogen-bond donors (Lipinski definition) is 2. The number of nitrogens with zero attached hydrogens (tertiary/aromatic N) is 4. The van der Waals surface area contributed by atoms with Gasteiger partial charge in [0, 0.05) is 74.2 Å². The summed E-state index contributed by atoms with van der Waals surface area (Å²) in [6.45, 7) is 2.40. The van der Waals surface area contributed by atoms with E-state index in [1.807, 2.05) is 30.6 Å². The summed E-state index contributed by atoms with van der Waals surface area (Å²) >= 11 is 0. The molecule has 0 bridgehead atoms. The average Bonchev–Trinajstić information content (AvgIpc) is 3.25. The molecule has 2 heterocycles. The maximum absolute atomic E-state index is 12.5. The minimum Gasteiger partial charge on any atom is -0.494 e. The van der Waals surface area contributed by atoms with Crippen LogP contribution in [0.15, 0.2) is 54.9 Å². The Bertz CT molecular complexity index is 1230. The number of methoxy groups -OCH3 is 1. The normalized spacial score (nSPS) is 16.9. The number of likely N-dealkylation sites (tertiary alicyclic amines) is 1. The smallest absolute Gasteiger partial charge is 0.317 e. The van der Waals surface area contributed by atoms with Crippen LogP contribution < -0.4 is 20.3 Å². The molecular formula is C23H30N6O3S. The second-order valence-corrected chi connectivity index (χ2v) is 10.3. The van der Waals surface area contributed by atoms with Gasteiger partial charge in [0.2, 0.25) is 0 Å². The van der Waals surface area contributed by atoms with Crippen LogP contribution in [0, 0.1) is 0 Å². The van der Waals surface area contributed by atoms with Crippen molar-refractivity contribution in [3.8, 4) is 5.75 Å². The molecule has 10 heteroatoms. The van der Waals surface area contributed by atoms with Crippen molar-refractivity contribution < 1.29 is 13.2 Å². The first-order valence-corrected chi connectivity index (χ1v) is 12.2. The lowest BCUT2D eigenvalue weighted by atomic mass is 10.1. The first-order valence-electron chi connectivity index (χ1n) is 10.8. The number of fused-ring (bicyclic) bond motifs is 1. The van der Waals surface area contributed by atoms with Gasteiger partial charge < -0.3 is 10.1 Å². The number of benzene rings is 2. The van der Waals surface area contributed by atoms with Crippen LogP contribution in [0.4, 0.5) is 11.4 Å². The molecular weight excluding hydrogens is 440 g/mol. The molecule has 0 radical (unpaired) electrons. The van der Waals surface area contributed by atoms with E-state index in [9.17, 15) is 8.42 Å². The molecule has 0 aliphatic carbocycles. The van der Waals surface area contributed by atoms with Crippen LogP contribution in [0.2, 0.25) is 0 Å². The summed E-state index contributed by atoms with van der Waals surface area (Å²) in [4.78, 5) is 6.53. The predicted molar refractivity (Wildman–Crippen MR) is 131 cm³/mol. The van der Waals surface area contributed by atoms with Crippen molar-refractivity contribution in [3.05, 3.63) is 60.4 Å². The highest BCUT2D eigenvalue weighted by Gasteiger charge is 2.28. The summed E-state index contributed by atoms with van der Waals surface area (Å²) in [7, 11) is 0.578. The van der Waals surface area contributed by atoms with Crippen LogP contribution in [-0.2, 0) is 16.8 Å². The maximum atomic E-state index is 12.5. The monoisotopic (exact) mass is 470 g/mol. The Balaban J connectivity index is 1.49. The third kappa shape index (κ3) is 4.74. The Kier molecular flexibility index (Phi) is 6.71. The number of nitrogens with one attached hydrogen (secondary N) is 1. The van der Waals surface area contributed by atoms with Crippen molar-refractivity contribution in [1.82, 2.24) is 14.2 Å². The van der Waals surface area contributed by atoms with Crippen molar-refractivity contribution >= 4 is 32.4 Å². The number of anilines is 2. The van der Waals surface area contributed by atoms with Crippen LogP contribution in [0.1, 0.15) is 12.0 Å². The number of hydrogen-bond acceptors (Lipinski definition) is 7. The Labute approximate surface area is 194 Å². The van der Waals surface area contributed by atoms with Gasteiger partial charge in [0.25, 0.3) is 0 Å². The van der Waals surface area contributed by atoms with Crippen molar-refractivity contribution in [2.24, 2.45) is 5.84 Å². The molecule has 1 aliphatic heterocycles. The fraction of sp³-hybridized carbons (Fsp3) is 0.348. The van der Waals surface area contributed by atoms with E-state index < -0.39 is 10.2 Å². The third-order valence-corrected chi connectivity index (χ3v) is 7.55. The van der Waals surface area contributed by atoms with E-state index in [-0.39, 0.29) is 0 Å². The Morgan fingerprint density at radius 3 is 2.76 bits per heavy atom. The highest BCUT2D eigenvalue weighted by atomic mass is 32.2. The standard InChI is InChI=1S/C23H30N6O3S/c1-27(2)33(30,31)29(24)22-9-5-7-18(23(22)32-3)15-28-13-11-19(16-28)26-21-8-4-6-17-14-25-12-10-20(17)21/h4-10,12,14,19,26H,11,13,15-16,24H2,1-3H3/t19-/m1/s1. The summed E-state index contributed by atoms with van der Waals surface area (Å²) in [5, 5.41) is 5.94. The van der Waals surface area contributed by atoms with Gasteiger partial charge in [-0.3, -0.25) is 9.88 Å². The third-order valence-electron chi connectivity index (χ3n) is 5.93. The minimum absolute atomic E-state index is 0.304. The van der Waals surface area contributed by atoms with Gasteiger partial charge >= 0.3 is 10.2 Å². The highest BCUT2D eigenvalue weighted by molar-refractivity contribution is 7.90. The molecule has 4 rings (SSSR count). The lowest BCUT2D eigenvalue weighted by Crippen LogP contribution is -2.45. The number of ether oxygens (including phenoxy) is 1. The second kappa shape index (κ2) is 9.52. The lowest BCUT2D eigenvalue weighted by Gasteiger charge is -2.26. The van der Waals surface area contributed by atoms with Gasteiger partial charge in [0.1, 0.15) is 11.4 Å². The molecule has 1 fully saturated rings. The molecule has 9 nitrogen and oxygen atoms in total. The number of aromatic nitrogens is 1. The molecule has 3 N–H and O–H groups in total. The molecule has 2 aromatic carbocycles. The molecule has 33 heavy (non-hydrogen) atoms. The van der Waals surface area contributed by atoms with Gasteiger partial charge in [-0.15, -0.1) is 0 Å². The zero-order chi connectivity index (χ0) is 23.6. The molecule has 0 amide bonds. The Morgan fingerprint density at radius 1 is 1.21 bits per heavy atom. The van der Waals surface area contributed by atoms with Gasteiger partial charge in [-0.1, -0.05) is 24.3 Å². The minimum atomic E-state index is -3.83. The molecule has 1 aromatic heterocycles. The maximum Gasteiger partial charge on any atom is 0.317 e. The van der Waals surface area contributed by atoms with E-state index in [2.05, 4.69) is 27.3 Å². The summed E-state index contributed by atoms with van der Waals surface area (Å²) in [5.74, 6) is 6.44. The molecule has 0 saturated carbocycles. The van der Waals surface area contributed by atoms with Crippen LogP contribution in [0.3, 0.4) is 0 Å². The summed E-state index contributed by atoms with van der Waals surface area (Å²) in [6, 6.07) is 13.9. The van der Waals surface area contributed by atoms with Crippen LogP contribution in [-0.4, -0.2) is 62.9 Å². The molecule has 0 unspecified atom stereocenters. The van der Waals surface area contributed by atoms with Crippen LogP contribution >= 0.6 is 0 Å². The van der Waals surface area contributed by atoms with E-state index in [1.165, 1.54) is 21.2 Å². The zero-order valence-electron chi connectivity index (χ0n) is 19.1. The first-order chi connectivity index (χ1) is 15.8. The summed E-state index contributed by atoms with van der Waals surface area (Å²) in [6.07, 6.45) is 4.68. The Morgan fingerprint density at radius 2 is 2.00 bits per heavy atom. The topological polar surface area (TPSA) is 104 Å². The number of nitrogens with two attached hydrogens (primary N) is 1. The molecule has 1 aliphatic rings. The van der Waals surface area contributed by atoms with Crippen LogP contribution in [0.25, 0.3) is 10.8 Å². The van der Waals surface area contributed by atoms with Crippen LogP contribution in [0.5, 0.6) is 5.75 Å². The largest absolute Gasteiger partial charge is 0.494 e. The number of pyridine rings is 1. The van der Waals surface area contributed by atoms with E-state index in [1.54, 1.807) is 12.1 Å². The van der Waals surface area contributed by atoms with Gasteiger partial charge in [0.05, 0.1) is 7.11 Å². The van der Waals surface area contributed by atoms with Crippen molar-refractivity contribution in [3.63, 3.8) is 0 Å². The Hall–Kier alpha value is -2.92. The summed E-state index contributed by atoms with van der Waals surface area (Å²) < 4.78 is 32.5. The number of hydrazine groups is 1. The van der Waals surface area contributed by atoms with E-state index in [0.717, 1.165) is 50.3 Å². The van der Waals surface area contributed by atoms with Crippen molar-refractivity contribution in [1.29, 1.82) is 0 Å². The quantitative estimate of drug-likeness (QED) is 0.385. The SMILES string of the molecule is COc1c(CN2CC[C@@H](Nc3cccc4cnccc34)C2)cccc1N(N)S(=O)(=O)N(C)C. The van der Waals surface area contributed by atoms with Crippen molar-refractivity contribution in [2.75, 3.05) is 44.0 Å². The van der Waals surface area contributed by atoms with Gasteiger partial charge in [0.15, 0.2) is 0 Å². The molecule has 3 aromatic rings. The second-order valence-electron chi connectivity index (χ2n) is 8.32. The summed E-state index contributed by atoms with van der Waals surface area (Å²) in [5.41, 5.74) is 2.30. The first kappa shape index (κ1) is 23.2. The number of rotatable bonds is 8. The van der Waals surface area contributed by atoms with Gasteiger partial charge in [-0.2, -0.15) is 17.1 Å². The highest BCUT2D eigenvalue weighted by Crippen LogP contribution is 2.34. The molecule has 1 atom stereocenters. The predicted octanol–water partition coefficient (Wildman–Crippen LogP) is 2.42. The fourth-order valence-corrected chi connectivity index (χ4v) is 4.95. The number of para-hydroxylation sites is 1. The van der Waals surface area contributed by atoms with Gasteiger partial charge in [-0.25, -0.2) is 5.84 Å². The molecule has 1 saturated heterocycles. The van der Waals surface area contributed by atoms with E-state index >= 15 is 0 Å². The van der Waals surface area contributed by atoms with E-state index in [4.69, 9.17) is 10.6 Å². The molecule has 176 valence electrons. The van der Waals surface area contributed by atoms with Crippen molar-refractivity contribution in [2.45, 2.75) is 19.0 Å². The zero-order valence-corrected chi connectivity index (χ0v) is 19.9. The van der Waals surface area contributed by atoms with E-state index in [0.29, 0.717) is 24.0 Å². The molecule has 0 spiro atoms.